The van der Waals surface area contributed by atoms with Gasteiger partial charge in [-0.3, -0.25) is 4.79 Å². The van der Waals surface area contributed by atoms with E-state index in [1.165, 1.54) is 12.1 Å². The van der Waals surface area contributed by atoms with E-state index in [1.807, 2.05) is 19.1 Å². The normalized spacial score (nSPS) is 18.9. The first-order valence-corrected chi connectivity index (χ1v) is 12.7. The molecule has 0 spiro atoms. The Balaban J connectivity index is 1.36. The summed E-state index contributed by atoms with van der Waals surface area (Å²) in [5.74, 6) is 0.911. The third-order valence-electron chi connectivity index (χ3n) is 5.82. The number of halogens is 1. The van der Waals surface area contributed by atoms with Crippen molar-refractivity contribution < 1.29 is 22.7 Å². The number of carbonyl (C=O) groups excluding carboxylic acids is 1. The summed E-state index contributed by atoms with van der Waals surface area (Å²) in [6.45, 7) is 3.83. The molecule has 2 aromatic carbocycles. The van der Waals surface area contributed by atoms with Gasteiger partial charge in [-0.1, -0.05) is 18.0 Å². The number of piperidine rings is 1. The summed E-state index contributed by atoms with van der Waals surface area (Å²) in [6, 6.07) is 9.79. The van der Waals surface area contributed by atoms with Gasteiger partial charge in [0.1, 0.15) is 13.2 Å². The van der Waals surface area contributed by atoms with E-state index >= 15 is 0 Å². The molecule has 0 unspecified atom stereocenters. The number of hydrogen-bond acceptors (Lipinski definition) is 5. The quantitative estimate of drug-likeness (QED) is 0.685. The number of nitrogens with one attached hydrogen (secondary N) is 1. The monoisotopic (exact) mass is 478 g/mol. The first-order chi connectivity index (χ1) is 15.4. The Morgan fingerprint density at radius 2 is 1.91 bits per heavy atom. The predicted molar refractivity (Wildman–Crippen MR) is 122 cm³/mol. The topological polar surface area (TPSA) is 84.9 Å². The second-order valence-corrected chi connectivity index (χ2v) is 10.4. The molecular weight excluding hydrogens is 452 g/mol. The van der Waals surface area contributed by atoms with Crippen LogP contribution < -0.4 is 14.8 Å². The molecular formula is C23H27ClN2O5S. The van der Waals surface area contributed by atoms with Gasteiger partial charge in [0, 0.05) is 24.7 Å². The van der Waals surface area contributed by atoms with Crippen LogP contribution in [-0.4, -0.2) is 51.0 Å². The summed E-state index contributed by atoms with van der Waals surface area (Å²) in [5.41, 5.74) is 1.34. The molecule has 1 atom stereocenters. The number of amides is 1. The van der Waals surface area contributed by atoms with Crippen molar-refractivity contribution in [3.63, 3.8) is 0 Å². The van der Waals surface area contributed by atoms with Crippen molar-refractivity contribution in [2.24, 2.45) is 0 Å². The fourth-order valence-corrected chi connectivity index (χ4v) is 6.06. The second-order valence-electron chi connectivity index (χ2n) is 8.09. The van der Waals surface area contributed by atoms with Crippen LogP contribution in [0.15, 0.2) is 41.3 Å². The van der Waals surface area contributed by atoms with Crippen LogP contribution >= 0.6 is 11.6 Å². The summed E-state index contributed by atoms with van der Waals surface area (Å²) in [4.78, 5) is 12.7. The van der Waals surface area contributed by atoms with E-state index in [1.54, 1.807) is 16.4 Å². The first-order valence-electron chi connectivity index (χ1n) is 10.8. The van der Waals surface area contributed by atoms with Gasteiger partial charge in [0.25, 0.3) is 5.91 Å². The molecule has 1 amide bonds. The summed E-state index contributed by atoms with van der Waals surface area (Å²) in [5, 5.41) is 3.35. The molecule has 2 aliphatic heterocycles. The molecule has 9 heteroatoms. The van der Waals surface area contributed by atoms with E-state index in [-0.39, 0.29) is 16.8 Å². The van der Waals surface area contributed by atoms with E-state index in [0.717, 1.165) is 24.8 Å². The number of hydrogen-bond donors (Lipinski definition) is 1. The van der Waals surface area contributed by atoms with Crippen molar-refractivity contribution in [1.82, 2.24) is 9.62 Å². The van der Waals surface area contributed by atoms with Gasteiger partial charge in [0.05, 0.1) is 9.92 Å². The van der Waals surface area contributed by atoms with Crippen molar-refractivity contribution in [2.75, 3.05) is 26.3 Å². The molecule has 2 heterocycles. The third kappa shape index (κ3) is 4.87. The lowest BCUT2D eigenvalue weighted by Gasteiger charge is -2.32. The molecule has 4 rings (SSSR count). The smallest absolute Gasteiger partial charge is 0.251 e. The highest BCUT2D eigenvalue weighted by Crippen LogP contribution is 2.38. The van der Waals surface area contributed by atoms with E-state index in [2.05, 4.69) is 5.32 Å². The Labute approximate surface area is 193 Å². The zero-order chi connectivity index (χ0) is 22.7. The van der Waals surface area contributed by atoms with Gasteiger partial charge in [0.2, 0.25) is 10.0 Å². The molecule has 2 aliphatic rings. The lowest BCUT2D eigenvalue weighted by atomic mass is 10.1. The van der Waals surface area contributed by atoms with E-state index in [4.69, 9.17) is 21.1 Å². The summed E-state index contributed by atoms with van der Waals surface area (Å²) >= 11 is 6.26. The average Bonchev–Trinajstić information content (AvgIpc) is 2.79. The molecule has 1 fully saturated rings. The number of ether oxygens (including phenoxy) is 2. The lowest BCUT2D eigenvalue weighted by molar-refractivity contribution is 0.0954. The van der Waals surface area contributed by atoms with Crippen LogP contribution in [0.4, 0.5) is 0 Å². The standard InChI is InChI=1S/C23H27ClN2O5S/c1-16-4-2-3-11-26(16)32(28,29)19-7-5-18(6-8-19)23(27)25-10-9-17-14-20(24)22-21(15-17)30-12-13-31-22/h5-8,14-16H,2-4,9-13H2,1H3,(H,25,27)/t16-/m1/s1. The Kier molecular flexibility index (Phi) is 6.93. The van der Waals surface area contributed by atoms with Gasteiger partial charge in [-0.05, 0) is 68.1 Å². The van der Waals surface area contributed by atoms with Crippen LogP contribution in [0.5, 0.6) is 11.5 Å². The molecule has 172 valence electrons. The summed E-state index contributed by atoms with van der Waals surface area (Å²) < 4.78 is 38.5. The molecule has 1 saturated heterocycles. The number of rotatable bonds is 6. The van der Waals surface area contributed by atoms with Crippen LogP contribution in [-0.2, 0) is 16.4 Å². The SMILES string of the molecule is C[C@@H]1CCCCN1S(=O)(=O)c1ccc(C(=O)NCCc2cc(Cl)c3c(c2)OCCO3)cc1. The van der Waals surface area contributed by atoms with Crippen molar-refractivity contribution >= 4 is 27.5 Å². The van der Waals surface area contributed by atoms with Gasteiger partial charge >= 0.3 is 0 Å². The van der Waals surface area contributed by atoms with Crippen molar-refractivity contribution in [3.05, 3.63) is 52.5 Å². The van der Waals surface area contributed by atoms with Gasteiger partial charge in [0.15, 0.2) is 11.5 Å². The largest absolute Gasteiger partial charge is 0.486 e. The van der Waals surface area contributed by atoms with Gasteiger partial charge < -0.3 is 14.8 Å². The zero-order valence-electron chi connectivity index (χ0n) is 18.0. The van der Waals surface area contributed by atoms with Crippen LogP contribution in [0.2, 0.25) is 5.02 Å². The molecule has 7 nitrogen and oxygen atoms in total. The molecule has 1 N–H and O–H groups in total. The molecule has 0 aliphatic carbocycles. The second kappa shape index (κ2) is 9.68. The number of fused-ring (bicyclic) bond motifs is 1. The van der Waals surface area contributed by atoms with Gasteiger partial charge in [-0.15, -0.1) is 0 Å². The van der Waals surface area contributed by atoms with Gasteiger partial charge in [-0.2, -0.15) is 4.31 Å². The van der Waals surface area contributed by atoms with Crippen LogP contribution in [0, 0.1) is 0 Å². The number of nitrogens with zero attached hydrogens (tertiary/aromatic N) is 1. The minimum absolute atomic E-state index is 0.00853. The molecule has 0 aromatic heterocycles. The van der Waals surface area contributed by atoms with Crippen molar-refractivity contribution in [3.8, 4) is 11.5 Å². The maximum absolute atomic E-state index is 12.9. The summed E-state index contributed by atoms with van der Waals surface area (Å²) in [7, 11) is -3.55. The molecule has 0 saturated carbocycles. The minimum atomic E-state index is -3.55. The van der Waals surface area contributed by atoms with Crippen molar-refractivity contribution in [2.45, 2.75) is 43.5 Å². The van der Waals surface area contributed by atoms with E-state index in [9.17, 15) is 13.2 Å². The zero-order valence-corrected chi connectivity index (χ0v) is 19.5. The highest BCUT2D eigenvalue weighted by Gasteiger charge is 2.30. The molecule has 32 heavy (non-hydrogen) atoms. The summed E-state index contributed by atoms with van der Waals surface area (Å²) in [6.07, 6.45) is 3.36. The van der Waals surface area contributed by atoms with Crippen LogP contribution in [0.25, 0.3) is 0 Å². The number of benzene rings is 2. The molecule has 0 bridgehead atoms. The average molecular weight is 479 g/mol. The maximum Gasteiger partial charge on any atom is 0.251 e. The number of carbonyl (C=O) groups is 1. The fraction of sp³-hybridized carbons (Fsp3) is 0.435. The maximum atomic E-state index is 12.9. The Hall–Kier alpha value is -2.29. The Morgan fingerprint density at radius 1 is 1.16 bits per heavy atom. The van der Waals surface area contributed by atoms with E-state index in [0.29, 0.717) is 54.8 Å². The molecule has 2 aromatic rings. The lowest BCUT2D eigenvalue weighted by Crippen LogP contribution is -2.41. The van der Waals surface area contributed by atoms with Crippen molar-refractivity contribution in [1.29, 1.82) is 0 Å². The van der Waals surface area contributed by atoms with E-state index < -0.39 is 10.0 Å². The molecule has 0 radical (unpaired) electrons. The fourth-order valence-electron chi connectivity index (χ4n) is 4.07. The van der Waals surface area contributed by atoms with Gasteiger partial charge in [-0.25, -0.2) is 8.42 Å². The predicted octanol–water partition coefficient (Wildman–Crippen LogP) is 3.65. The number of sulfonamides is 1. The highest BCUT2D eigenvalue weighted by molar-refractivity contribution is 7.89. The third-order valence-corrected chi connectivity index (χ3v) is 8.13. The highest BCUT2D eigenvalue weighted by atomic mass is 35.5. The van der Waals surface area contributed by atoms with Crippen LogP contribution in [0.1, 0.15) is 42.1 Å². The Bertz CT molecular complexity index is 1090. The van der Waals surface area contributed by atoms with Crippen LogP contribution in [0.3, 0.4) is 0 Å². The first kappa shape index (κ1) is 22.9. The Morgan fingerprint density at radius 3 is 2.66 bits per heavy atom. The minimum Gasteiger partial charge on any atom is -0.486 e.